The Bertz CT molecular complexity index is 2020. The molecule has 5 rings (SSSR count). The molecule has 1 saturated carbocycles. The summed E-state index contributed by atoms with van der Waals surface area (Å²) in [7, 11) is -6.40. The molecule has 1 saturated heterocycles. The molecule has 2 amide bonds. The van der Waals surface area contributed by atoms with Gasteiger partial charge in [-0.2, -0.15) is 4.31 Å². The zero-order valence-electron chi connectivity index (χ0n) is 30.9. The molecule has 0 spiro atoms. The van der Waals surface area contributed by atoms with Gasteiger partial charge < -0.3 is 24.7 Å². The maximum absolute atomic E-state index is 15.3. The number of nitrogens with one attached hydrogen (secondary N) is 2. The number of rotatable bonds is 12. The number of benzene rings is 2. The third kappa shape index (κ3) is 8.40. The number of carboxylic acid groups (broad SMARTS) is 1. The third-order valence-corrected chi connectivity index (χ3v) is 17.0. The lowest BCUT2D eigenvalue weighted by Gasteiger charge is -2.39. The van der Waals surface area contributed by atoms with E-state index in [4.69, 9.17) is 4.43 Å². The number of nitrogens with zero attached hydrogens (tertiary/aromatic N) is 2. The van der Waals surface area contributed by atoms with Crippen LogP contribution >= 0.6 is 0 Å². The van der Waals surface area contributed by atoms with Crippen molar-refractivity contribution in [1.29, 1.82) is 0 Å². The largest absolute Gasteiger partial charge is 0.465 e. The van der Waals surface area contributed by atoms with Crippen molar-refractivity contribution in [3.8, 4) is 11.1 Å². The highest BCUT2D eigenvalue weighted by Crippen LogP contribution is 2.38. The first kappa shape index (κ1) is 38.6. The monoisotopic (exact) mass is 742 g/mol. The Kier molecular flexibility index (Phi) is 10.7. The molecular weight excluding hydrogens is 692 g/mol. The summed E-state index contributed by atoms with van der Waals surface area (Å²) in [5.41, 5.74) is 0.337. The molecule has 1 aliphatic heterocycles. The summed E-state index contributed by atoms with van der Waals surface area (Å²) in [6, 6.07) is 7.03. The average Bonchev–Trinajstić information content (AvgIpc) is 3.72. The van der Waals surface area contributed by atoms with Crippen LogP contribution in [0.25, 0.3) is 21.9 Å². The predicted octanol–water partition coefficient (Wildman–Crippen LogP) is 6.48. The highest BCUT2D eigenvalue weighted by molar-refractivity contribution is 7.89. The number of aromatic nitrogens is 1. The second-order valence-electron chi connectivity index (χ2n) is 16.4. The number of pyridine rings is 1. The van der Waals surface area contributed by atoms with Crippen molar-refractivity contribution < 1.29 is 31.9 Å². The summed E-state index contributed by atoms with van der Waals surface area (Å²) in [6.45, 7) is 16.9. The summed E-state index contributed by atoms with van der Waals surface area (Å²) in [5, 5.41) is 14.7. The fraction of sp³-hybridized carbons (Fsp3) is 0.541. The van der Waals surface area contributed by atoms with Gasteiger partial charge in [0.05, 0.1) is 0 Å². The molecule has 1 atom stereocenters. The SMILES string of the molecule is Cc1c(F)cc(C(=O)NC2CC2)cc1-c1ccc2c(=O)n(CC(C)(C)CO[Si](C)(C)C(C)(C)C)cc(S(=O)(=O)N3CCC[C@@H]3CNC(=O)O)c2c1. The molecule has 1 aromatic heterocycles. The van der Waals surface area contributed by atoms with Crippen LogP contribution < -0.4 is 16.2 Å². The molecule has 0 unspecified atom stereocenters. The van der Waals surface area contributed by atoms with Gasteiger partial charge in [0.25, 0.3) is 11.5 Å². The Morgan fingerprint density at radius 2 is 1.75 bits per heavy atom. The Morgan fingerprint density at radius 1 is 1.06 bits per heavy atom. The van der Waals surface area contributed by atoms with Crippen LogP contribution in [0.4, 0.5) is 9.18 Å². The lowest BCUT2D eigenvalue weighted by atomic mass is 9.94. The van der Waals surface area contributed by atoms with Crippen molar-refractivity contribution in [3.63, 3.8) is 0 Å². The van der Waals surface area contributed by atoms with E-state index in [0.717, 1.165) is 12.8 Å². The van der Waals surface area contributed by atoms with Crippen LogP contribution in [0, 0.1) is 18.2 Å². The van der Waals surface area contributed by atoms with Gasteiger partial charge in [-0.1, -0.05) is 40.7 Å². The molecule has 3 N–H and O–H groups in total. The number of hydrogen-bond acceptors (Lipinski definition) is 6. The zero-order valence-corrected chi connectivity index (χ0v) is 32.7. The molecule has 0 radical (unpaired) electrons. The molecule has 3 aromatic rings. The summed E-state index contributed by atoms with van der Waals surface area (Å²) in [5.74, 6) is -0.968. The van der Waals surface area contributed by atoms with Crippen LogP contribution in [0.1, 0.15) is 76.2 Å². The van der Waals surface area contributed by atoms with E-state index in [-0.39, 0.29) is 69.0 Å². The molecular formula is C37H51FN4O7SSi. The van der Waals surface area contributed by atoms with E-state index in [1.165, 1.54) is 21.1 Å². The van der Waals surface area contributed by atoms with Crippen molar-refractivity contribution in [3.05, 3.63) is 63.8 Å². The summed E-state index contributed by atoms with van der Waals surface area (Å²) < 4.78 is 53.8. The van der Waals surface area contributed by atoms with E-state index in [1.54, 1.807) is 31.2 Å². The van der Waals surface area contributed by atoms with Crippen molar-refractivity contribution >= 4 is 41.1 Å². The van der Waals surface area contributed by atoms with Crippen LogP contribution in [0.3, 0.4) is 0 Å². The lowest BCUT2D eigenvalue weighted by Crippen LogP contribution is -2.44. The third-order valence-electron chi connectivity index (χ3n) is 10.5. The molecule has 278 valence electrons. The van der Waals surface area contributed by atoms with Crippen molar-refractivity contribution in [2.24, 2.45) is 5.41 Å². The quantitative estimate of drug-likeness (QED) is 0.180. The van der Waals surface area contributed by atoms with Crippen LogP contribution in [0.5, 0.6) is 0 Å². The molecule has 2 aromatic carbocycles. The molecule has 0 bridgehead atoms. The Labute approximate surface area is 300 Å². The van der Waals surface area contributed by atoms with Gasteiger partial charge in [-0.3, -0.25) is 9.59 Å². The van der Waals surface area contributed by atoms with Crippen LogP contribution in [0.2, 0.25) is 18.1 Å². The van der Waals surface area contributed by atoms with Crippen LogP contribution in [-0.4, -0.2) is 74.5 Å². The van der Waals surface area contributed by atoms with Gasteiger partial charge in [-0.05, 0) is 91.7 Å². The summed E-state index contributed by atoms with van der Waals surface area (Å²) >= 11 is 0. The second kappa shape index (κ2) is 14.1. The van der Waals surface area contributed by atoms with Gasteiger partial charge in [0.15, 0.2) is 8.32 Å². The standard InChI is InChI=1S/C37H51FN4O7SSi/c1-23-29(17-25(18-31(23)38)33(43)40-26-12-13-26)24-11-14-28-30(16-24)32(50(47,48)42-15-9-10-27(42)19-39-35(45)46)20-41(34(28)44)21-37(5,6)22-49-51(7,8)36(2,3)4/h11,14,16-18,20,26-27,39H,9-10,12-13,15,19,21-22H2,1-8H3,(H,40,43)(H,45,46)/t27-/m1/s1. The van der Waals surface area contributed by atoms with E-state index in [1.807, 2.05) is 13.8 Å². The highest BCUT2D eigenvalue weighted by atomic mass is 32.2. The van der Waals surface area contributed by atoms with E-state index >= 15 is 4.39 Å². The maximum atomic E-state index is 15.3. The number of carbonyl (C=O) groups excluding carboxylic acids is 1. The molecule has 2 heterocycles. The van der Waals surface area contributed by atoms with E-state index in [0.29, 0.717) is 30.6 Å². The van der Waals surface area contributed by atoms with Crippen molar-refractivity contribution in [2.75, 3.05) is 19.7 Å². The number of halogens is 1. The zero-order chi connectivity index (χ0) is 37.7. The van der Waals surface area contributed by atoms with Gasteiger partial charge in [0.1, 0.15) is 10.7 Å². The second-order valence-corrected chi connectivity index (χ2v) is 23.0. The van der Waals surface area contributed by atoms with Gasteiger partial charge >= 0.3 is 6.09 Å². The Balaban J connectivity index is 1.64. The van der Waals surface area contributed by atoms with Crippen LogP contribution in [0.15, 0.2) is 46.2 Å². The van der Waals surface area contributed by atoms with Gasteiger partial charge in [-0.15, -0.1) is 0 Å². The molecule has 14 heteroatoms. The van der Waals surface area contributed by atoms with Crippen molar-refractivity contribution in [1.82, 2.24) is 19.5 Å². The van der Waals surface area contributed by atoms with Gasteiger partial charge in [-0.25, -0.2) is 17.6 Å². The minimum absolute atomic E-state index is 0.0224. The van der Waals surface area contributed by atoms with Gasteiger partial charge in [0.2, 0.25) is 10.0 Å². The first-order valence-electron chi connectivity index (χ1n) is 17.5. The van der Waals surface area contributed by atoms with Crippen molar-refractivity contribution in [2.45, 2.75) is 109 Å². The minimum atomic E-state index is -4.28. The van der Waals surface area contributed by atoms with E-state index in [9.17, 15) is 27.9 Å². The number of hydrogen-bond donors (Lipinski definition) is 3. The molecule has 2 fully saturated rings. The van der Waals surface area contributed by atoms with E-state index < -0.39 is 41.7 Å². The molecule has 2 aliphatic rings. The number of sulfonamides is 1. The highest BCUT2D eigenvalue weighted by Gasteiger charge is 2.40. The fourth-order valence-corrected chi connectivity index (χ4v) is 9.30. The average molecular weight is 743 g/mol. The number of fused-ring (bicyclic) bond motifs is 1. The predicted molar refractivity (Wildman–Crippen MR) is 199 cm³/mol. The first-order valence-corrected chi connectivity index (χ1v) is 21.9. The normalized spacial score (nSPS) is 17.5. The smallest absolute Gasteiger partial charge is 0.404 e. The number of amides is 2. The fourth-order valence-electron chi connectivity index (χ4n) is 6.22. The lowest BCUT2D eigenvalue weighted by molar-refractivity contribution is 0.0950. The molecule has 51 heavy (non-hydrogen) atoms. The minimum Gasteiger partial charge on any atom is -0.465 e. The molecule has 1 aliphatic carbocycles. The Hall–Kier alpha value is -3.59. The first-order chi connectivity index (χ1) is 23.6. The topological polar surface area (TPSA) is 147 Å². The molecule has 11 nitrogen and oxygen atoms in total. The van der Waals surface area contributed by atoms with Crippen LogP contribution in [-0.2, 0) is 21.0 Å². The van der Waals surface area contributed by atoms with Gasteiger partial charge in [0, 0.05) is 66.3 Å². The summed E-state index contributed by atoms with van der Waals surface area (Å²) in [4.78, 5) is 38.3. The summed E-state index contributed by atoms with van der Waals surface area (Å²) in [6.07, 6.45) is 2.88. The number of carbonyl (C=O) groups is 2. The Morgan fingerprint density at radius 3 is 2.37 bits per heavy atom. The van der Waals surface area contributed by atoms with E-state index in [2.05, 4.69) is 44.5 Å². The maximum Gasteiger partial charge on any atom is 0.404 e.